The van der Waals surface area contributed by atoms with E-state index in [9.17, 15) is 4.79 Å². The van der Waals surface area contributed by atoms with Crippen LogP contribution in [0.1, 0.15) is 39.5 Å². The number of ether oxygens (including phenoxy) is 1. The van der Waals surface area contributed by atoms with Gasteiger partial charge in [0, 0.05) is 18.3 Å². The highest BCUT2D eigenvalue weighted by atomic mass is 32.2. The molecular formula is C14H22O2S. The van der Waals surface area contributed by atoms with E-state index < -0.39 is 0 Å². The first-order chi connectivity index (χ1) is 8.13. The summed E-state index contributed by atoms with van der Waals surface area (Å²) in [5, 5.41) is 0. The molecule has 2 aliphatic carbocycles. The van der Waals surface area contributed by atoms with Crippen LogP contribution in [-0.2, 0) is 9.53 Å². The molecule has 1 saturated carbocycles. The van der Waals surface area contributed by atoms with Crippen molar-refractivity contribution in [1.29, 1.82) is 0 Å². The first-order valence-electron chi connectivity index (χ1n) is 6.56. The third-order valence-corrected chi connectivity index (χ3v) is 5.69. The van der Waals surface area contributed by atoms with Crippen LogP contribution in [0.3, 0.4) is 0 Å². The van der Waals surface area contributed by atoms with E-state index in [1.807, 2.05) is 11.8 Å². The van der Waals surface area contributed by atoms with Gasteiger partial charge in [0.2, 0.25) is 0 Å². The number of rotatable bonds is 5. The Kier molecular flexibility index (Phi) is 3.86. The highest BCUT2D eigenvalue weighted by Crippen LogP contribution is 2.54. The highest BCUT2D eigenvalue weighted by Gasteiger charge is 2.58. The zero-order chi connectivity index (χ0) is 12.5. The molecule has 0 unspecified atom stereocenters. The second kappa shape index (κ2) is 5.05. The quantitative estimate of drug-likeness (QED) is 0.703. The van der Waals surface area contributed by atoms with Gasteiger partial charge in [-0.05, 0) is 31.6 Å². The normalized spacial score (nSPS) is 35.9. The number of carbonyl (C=O) groups is 1. The van der Waals surface area contributed by atoms with Crippen molar-refractivity contribution in [3.8, 4) is 0 Å². The monoisotopic (exact) mass is 254 g/mol. The predicted molar refractivity (Wildman–Crippen MR) is 72.1 cm³/mol. The van der Waals surface area contributed by atoms with Gasteiger partial charge in [-0.2, -0.15) is 0 Å². The van der Waals surface area contributed by atoms with Crippen LogP contribution in [0.2, 0.25) is 0 Å². The van der Waals surface area contributed by atoms with Crippen LogP contribution in [0.15, 0.2) is 11.8 Å². The molecule has 0 amide bonds. The average molecular weight is 254 g/mol. The van der Waals surface area contributed by atoms with Crippen LogP contribution in [0.5, 0.6) is 0 Å². The maximum absolute atomic E-state index is 12.2. The molecular weight excluding hydrogens is 232 g/mol. The van der Waals surface area contributed by atoms with E-state index in [0.717, 1.165) is 24.4 Å². The molecule has 3 heteroatoms. The average Bonchev–Trinajstić information content (AvgIpc) is 2.37. The Morgan fingerprint density at radius 2 is 2.35 bits per heavy atom. The number of allylic oxidation sites excluding steroid dienone is 2. The first kappa shape index (κ1) is 13.0. The summed E-state index contributed by atoms with van der Waals surface area (Å²) in [7, 11) is 1.73. The van der Waals surface area contributed by atoms with E-state index in [4.69, 9.17) is 4.74 Å². The van der Waals surface area contributed by atoms with Crippen LogP contribution in [-0.4, -0.2) is 23.4 Å². The number of Topliss-reactive ketones (excluding diaryl/α,β-unsaturated/α-hetero) is 1. The Hall–Kier alpha value is -0.440. The molecule has 0 aliphatic heterocycles. The lowest BCUT2D eigenvalue weighted by molar-refractivity contribution is -0.137. The molecule has 2 aliphatic rings. The van der Waals surface area contributed by atoms with E-state index in [1.165, 1.54) is 12.8 Å². The minimum atomic E-state index is -0.177. The number of thioether (sulfide) groups is 1. The topological polar surface area (TPSA) is 26.3 Å². The molecule has 0 heterocycles. The summed E-state index contributed by atoms with van der Waals surface area (Å²) < 4.78 is 5.16. The number of ketones is 1. The van der Waals surface area contributed by atoms with Crippen molar-refractivity contribution in [2.75, 3.05) is 12.9 Å². The number of hydrogen-bond donors (Lipinski definition) is 0. The zero-order valence-electron chi connectivity index (χ0n) is 11.0. The van der Waals surface area contributed by atoms with Gasteiger partial charge in [-0.3, -0.25) is 4.79 Å². The highest BCUT2D eigenvalue weighted by molar-refractivity contribution is 8.01. The second-order valence-corrected chi connectivity index (χ2v) is 6.73. The molecule has 2 nitrogen and oxygen atoms in total. The first-order valence-corrected chi connectivity index (χ1v) is 7.55. The number of hydrogen-bond acceptors (Lipinski definition) is 3. The fourth-order valence-electron chi connectivity index (χ4n) is 2.92. The molecule has 0 aromatic heterocycles. The third-order valence-electron chi connectivity index (χ3n) is 4.12. The lowest BCUT2D eigenvalue weighted by atomic mass is 9.60. The van der Waals surface area contributed by atoms with Gasteiger partial charge in [-0.25, -0.2) is 0 Å². The molecule has 3 atom stereocenters. The van der Waals surface area contributed by atoms with Gasteiger partial charge in [0.05, 0.1) is 17.6 Å². The molecule has 0 radical (unpaired) electrons. The van der Waals surface area contributed by atoms with Gasteiger partial charge >= 0.3 is 0 Å². The Bertz CT molecular complexity index is 337. The lowest BCUT2D eigenvalue weighted by Gasteiger charge is -2.51. The SMILES string of the molecule is CCCCS[C@@]1(C)C(=O)[C@@H]2CCC(OC)=C[C@@H]21. The summed E-state index contributed by atoms with van der Waals surface area (Å²) in [5.74, 6) is 3.31. The van der Waals surface area contributed by atoms with Crippen molar-refractivity contribution in [3.63, 3.8) is 0 Å². The number of fused-ring (bicyclic) bond motifs is 1. The van der Waals surface area contributed by atoms with Crippen LogP contribution in [0.4, 0.5) is 0 Å². The molecule has 0 bridgehead atoms. The second-order valence-electron chi connectivity index (χ2n) is 5.18. The van der Waals surface area contributed by atoms with E-state index >= 15 is 0 Å². The Morgan fingerprint density at radius 1 is 1.59 bits per heavy atom. The van der Waals surface area contributed by atoms with Crippen molar-refractivity contribution in [2.45, 2.75) is 44.3 Å². The minimum Gasteiger partial charge on any atom is -0.501 e. The van der Waals surface area contributed by atoms with E-state index in [2.05, 4.69) is 19.9 Å². The Morgan fingerprint density at radius 3 is 3.00 bits per heavy atom. The van der Waals surface area contributed by atoms with E-state index in [0.29, 0.717) is 11.7 Å². The van der Waals surface area contributed by atoms with Crippen molar-refractivity contribution in [2.24, 2.45) is 11.8 Å². The summed E-state index contributed by atoms with van der Waals surface area (Å²) in [4.78, 5) is 12.2. The molecule has 2 rings (SSSR count). The fraction of sp³-hybridized carbons (Fsp3) is 0.786. The molecule has 0 N–H and O–H groups in total. The molecule has 0 spiro atoms. The summed E-state index contributed by atoms with van der Waals surface area (Å²) in [5.41, 5.74) is 0. The molecule has 1 fully saturated rings. The largest absolute Gasteiger partial charge is 0.501 e. The van der Waals surface area contributed by atoms with E-state index in [-0.39, 0.29) is 10.7 Å². The summed E-state index contributed by atoms with van der Waals surface area (Å²) in [6, 6.07) is 0. The van der Waals surface area contributed by atoms with Crippen molar-refractivity contribution in [3.05, 3.63) is 11.8 Å². The Balaban J connectivity index is 2.05. The smallest absolute Gasteiger partial charge is 0.152 e. The fourth-order valence-corrected chi connectivity index (χ4v) is 4.49. The third kappa shape index (κ3) is 2.14. The molecule has 96 valence electrons. The molecule has 17 heavy (non-hydrogen) atoms. The van der Waals surface area contributed by atoms with Gasteiger partial charge in [0.25, 0.3) is 0 Å². The predicted octanol–water partition coefficient (Wildman–Crippen LogP) is 3.42. The summed E-state index contributed by atoms with van der Waals surface area (Å²) in [6.45, 7) is 4.31. The maximum Gasteiger partial charge on any atom is 0.152 e. The molecule has 0 saturated heterocycles. The maximum atomic E-state index is 12.2. The summed E-state index contributed by atoms with van der Waals surface area (Å²) >= 11 is 1.85. The number of carbonyl (C=O) groups excluding carboxylic acids is 1. The van der Waals surface area contributed by atoms with Gasteiger partial charge in [0.15, 0.2) is 5.78 Å². The van der Waals surface area contributed by atoms with Crippen LogP contribution < -0.4 is 0 Å². The minimum absolute atomic E-state index is 0.177. The van der Waals surface area contributed by atoms with Gasteiger partial charge in [0.1, 0.15) is 0 Å². The van der Waals surface area contributed by atoms with Crippen LogP contribution >= 0.6 is 11.8 Å². The van der Waals surface area contributed by atoms with Crippen LogP contribution in [0.25, 0.3) is 0 Å². The van der Waals surface area contributed by atoms with Crippen molar-refractivity contribution >= 4 is 17.5 Å². The van der Waals surface area contributed by atoms with Gasteiger partial charge in [-0.1, -0.05) is 13.3 Å². The molecule has 0 aromatic rings. The van der Waals surface area contributed by atoms with E-state index in [1.54, 1.807) is 7.11 Å². The molecule has 0 aromatic carbocycles. The number of unbranched alkanes of at least 4 members (excludes halogenated alkanes) is 1. The van der Waals surface area contributed by atoms with Crippen LogP contribution in [0, 0.1) is 11.8 Å². The van der Waals surface area contributed by atoms with Gasteiger partial charge in [-0.15, -0.1) is 11.8 Å². The summed E-state index contributed by atoms with van der Waals surface area (Å²) in [6.07, 6.45) is 6.51. The van der Waals surface area contributed by atoms with Crippen molar-refractivity contribution < 1.29 is 9.53 Å². The number of methoxy groups -OCH3 is 1. The Labute approximate surface area is 108 Å². The zero-order valence-corrected chi connectivity index (χ0v) is 11.8. The standard InChI is InChI=1S/C14H22O2S/c1-4-5-8-17-14(2)12-9-10(16-3)6-7-11(12)13(14)15/h9,11-12H,4-8H2,1-3H3/t11-,12+,14-/m1/s1. The van der Waals surface area contributed by atoms with Crippen molar-refractivity contribution in [1.82, 2.24) is 0 Å². The van der Waals surface area contributed by atoms with Gasteiger partial charge < -0.3 is 4.74 Å². The lowest BCUT2D eigenvalue weighted by Crippen LogP contribution is -2.59.